The molecule has 0 fully saturated rings. The molecule has 4 aromatic carbocycles. The molecule has 0 aliphatic heterocycles. The minimum absolute atomic E-state index is 1.03. The summed E-state index contributed by atoms with van der Waals surface area (Å²) in [5.41, 5.74) is 9.58. The van der Waals surface area contributed by atoms with Gasteiger partial charge in [-0.2, -0.15) is 0 Å². The zero-order valence-electron chi connectivity index (χ0n) is 18.4. The lowest BCUT2D eigenvalue weighted by Crippen LogP contribution is -1.89. The van der Waals surface area contributed by atoms with Gasteiger partial charge in [-0.1, -0.05) is 121 Å². The first-order chi connectivity index (χ1) is 14.6. The molecule has 0 aliphatic carbocycles. The number of rotatable bonds is 5. The molecule has 0 atom stereocenters. The van der Waals surface area contributed by atoms with Gasteiger partial charge in [0.1, 0.15) is 0 Å². The number of hydrogen-bond donors (Lipinski definition) is 0. The topological polar surface area (TPSA) is 0 Å². The lowest BCUT2D eigenvalue weighted by molar-refractivity contribution is 1.12. The van der Waals surface area contributed by atoms with Crippen LogP contribution in [0.3, 0.4) is 0 Å². The maximum Gasteiger partial charge on any atom is -0.00258 e. The Morgan fingerprint density at radius 3 is 1.13 bits per heavy atom. The van der Waals surface area contributed by atoms with Crippen molar-refractivity contribution >= 4 is 0 Å². The van der Waals surface area contributed by atoms with E-state index in [1.54, 1.807) is 0 Å². The van der Waals surface area contributed by atoms with Gasteiger partial charge in [0.15, 0.2) is 0 Å². The van der Waals surface area contributed by atoms with Crippen molar-refractivity contribution in [1.29, 1.82) is 0 Å². The van der Waals surface area contributed by atoms with E-state index >= 15 is 0 Å². The van der Waals surface area contributed by atoms with E-state index in [4.69, 9.17) is 0 Å². The quantitative estimate of drug-likeness (QED) is 0.326. The summed E-state index contributed by atoms with van der Waals surface area (Å²) in [5.74, 6) is 0. The van der Waals surface area contributed by atoms with E-state index in [9.17, 15) is 0 Å². The molecule has 0 heteroatoms. The summed E-state index contributed by atoms with van der Waals surface area (Å²) < 4.78 is 0. The van der Waals surface area contributed by atoms with Crippen LogP contribution in [-0.2, 0) is 19.3 Å². The van der Waals surface area contributed by atoms with Gasteiger partial charge >= 0.3 is 0 Å². The molecule has 0 aliphatic rings. The Balaban J connectivity index is 0.000000172. The number of aryl methyl sites for hydroxylation is 3. The minimum atomic E-state index is 1.03. The third-order valence-electron chi connectivity index (χ3n) is 5.33. The normalized spacial score (nSPS) is 10.2. The first kappa shape index (κ1) is 21.6. The standard InChI is InChI=1S/C16H18.C14H14/c1-3-14-8-10-16(11-9-14)12-15-6-4-13(2)5-7-15;1-12-7-9-14(10-8-12)11-13-5-3-2-4-6-13/h4-11H,3,12H2,1-2H3;2-10H,11H2,1H3. The van der Waals surface area contributed by atoms with Crippen molar-refractivity contribution in [3.05, 3.63) is 142 Å². The van der Waals surface area contributed by atoms with Crippen molar-refractivity contribution < 1.29 is 0 Å². The monoisotopic (exact) mass is 392 g/mol. The Morgan fingerprint density at radius 1 is 0.400 bits per heavy atom. The molecule has 0 bridgehead atoms. The van der Waals surface area contributed by atoms with Gasteiger partial charge in [-0.25, -0.2) is 0 Å². The molecule has 0 amide bonds. The predicted octanol–water partition coefficient (Wildman–Crippen LogP) is 7.73. The van der Waals surface area contributed by atoms with Gasteiger partial charge < -0.3 is 0 Å². The fraction of sp³-hybridized carbons (Fsp3) is 0.200. The Bertz CT molecular complexity index is 992. The van der Waals surface area contributed by atoms with Crippen molar-refractivity contribution in [3.8, 4) is 0 Å². The first-order valence-corrected chi connectivity index (χ1v) is 10.8. The number of hydrogen-bond acceptors (Lipinski definition) is 0. The molecule has 4 rings (SSSR count). The van der Waals surface area contributed by atoms with Crippen LogP contribution in [0.4, 0.5) is 0 Å². The fourth-order valence-electron chi connectivity index (χ4n) is 3.37. The van der Waals surface area contributed by atoms with E-state index in [0.29, 0.717) is 0 Å². The molecule has 0 spiro atoms. The van der Waals surface area contributed by atoms with Crippen molar-refractivity contribution in [2.45, 2.75) is 40.0 Å². The maximum absolute atomic E-state index is 2.23. The van der Waals surface area contributed by atoms with Crippen LogP contribution in [0, 0.1) is 13.8 Å². The van der Waals surface area contributed by atoms with Gasteiger partial charge in [0, 0.05) is 0 Å². The molecule has 0 aromatic heterocycles. The Labute approximate surface area is 182 Å². The van der Waals surface area contributed by atoms with Crippen molar-refractivity contribution in [2.24, 2.45) is 0 Å². The summed E-state index contributed by atoms with van der Waals surface area (Å²) in [6.07, 6.45) is 3.18. The number of benzene rings is 4. The van der Waals surface area contributed by atoms with Crippen LogP contribution in [0.15, 0.2) is 103 Å². The molecule has 0 heterocycles. The van der Waals surface area contributed by atoms with Crippen LogP contribution in [0.5, 0.6) is 0 Å². The smallest absolute Gasteiger partial charge is 0.00258 e. The average molecular weight is 393 g/mol. The SMILES string of the molecule is CCc1ccc(Cc2ccc(C)cc2)cc1.Cc1ccc(Cc2ccccc2)cc1. The molecule has 152 valence electrons. The minimum Gasteiger partial charge on any atom is -0.0622 e. The van der Waals surface area contributed by atoms with Gasteiger partial charge in [-0.05, 0) is 60.9 Å². The van der Waals surface area contributed by atoms with Crippen LogP contribution in [-0.4, -0.2) is 0 Å². The van der Waals surface area contributed by atoms with Crippen LogP contribution in [0.25, 0.3) is 0 Å². The molecule has 4 aromatic rings. The van der Waals surface area contributed by atoms with E-state index < -0.39 is 0 Å². The molecule has 0 saturated heterocycles. The summed E-state index contributed by atoms with van der Waals surface area (Å²) in [4.78, 5) is 0. The van der Waals surface area contributed by atoms with Crippen molar-refractivity contribution in [2.75, 3.05) is 0 Å². The van der Waals surface area contributed by atoms with Gasteiger partial charge in [0.2, 0.25) is 0 Å². The van der Waals surface area contributed by atoms with Crippen molar-refractivity contribution in [3.63, 3.8) is 0 Å². The Morgan fingerprint density at radius 2 is 0.733 bits per heavy atom. The van der Waals surface area contributed by atoms with E-state index in [1.165, 1.54) is 38.9 Å². The van der Waals surface area contributed by atoms with E-state index in [0.717, 1.165) is 19.3 Å². The second-order valence-electron chi connectivity index (χ2n) is 7.98. The first-order valence-electron chi connectivity index (χ1n) is 10.8. The maximum atomic E-state index is 2.23. The Kier molecular flexibility index (Phi) is 8.03. The van der Waals surface area contributed by atoms with Crippen molar-refractivity contribution in [1.82, 2.24) is 0 Å². The second-order valence-corrected chi connectivity index (χ2v) is 7.98. The zero-order chi connectivity index (χ0) is 21.2. The van der Waals surface area contributed by atoms with Crippen LogP contribution >= 0.6 is 0 Å². The average Bonchev–Trinajstić information content (AvgIpc) is 2.79. The third kappa shape index (κ3) is 7.04. The lowest BCUT2D eigenvalue weighted by Gasteiger charge is -2.03. The predicted molar refractivity (Wildman–Crippen MR) is 130 cm³/mol. The largest absolute Gasteiger partial charge is 0.0622 e. The molecular weight excluding hydrogens is 360 g/mol. The molecule has 30 heavy (non-hydrogen) atoms. The molecule has 0 unspecified atom stereocenters. The molecule has 0 saturated carbocycles. The highest BCUT2D eigenvalue weighted by Gasteiger charge is 1.97. The van der Waals surface area contributed by atoms with Crippen LogP contribution < -0.4 is 0 Å². The van der Waals surface area contributed by atoms with Gasteiger partial charge in [0.05, 0.1) is 0 Å². The van der Waals surface area contributed by atoms with Crippen LogP contribution in [0.2, 0.25) is 0 Å². The van der Waals surface area contributed by atoms with Gasteiger partial charge in [-0.3, -0.25) is 0 Å². The summed E-state index contributed by atoms with van der Waals surface area (Å²) in [6, 6.07) is 37.0. The summed E-state index contributed by atoms with van der Waals surface area (Å²) in [7, 11) is 0. The third-order valence-corrected chi connectivity index (χ3v) is 5.33. The Hall–Kier alpha value is -3.12. The van der Waals surface area contributed by atoms with E-state index in [1.807, 2.05) is 0 Å². The van der Waals surface area contributed by atoms with Crippen LogP contribution in [0.1, 0.15) is 45.9 Å². The highest BCUT2D eigenvalue weighted by Crippen LogP contribution is 2.12. The molecule has 0 radical (unpaired) electrons. The summed E-state index contributed by atoms with van der Waals surface area (Å²) in [5, 5.41) is 0. The highest BCUT2D eigenvalue weighted by atomic mass is 14.0. The molecule has 0 nitrogen and oxygen atoms in total. The lowest BCUT2D eigenvalue weighted by atomic mass is 10.0. The fourth-order valence-corrected chi connectivity index (χ4v) is 3.37. The van der Waals surface area contributed by atoms with Gasteiger partial charge in [0.25, 0.3) is 0 Å². The van der Waals surface area contributed by atoms with Gasteiger partial charge in [-0.15, -0.1) is 0 Å². The highest BCUT2D eigenvalue weighted by molar-refractivity contribution is 5.30. The van der Waals surface area contributed by atoms with E-state index in [2.05, 4.69) is 124 Å². The van der Waals surface area contributed by atoms with E-state index in [-0.39, 0.29) is 0 Å². The summed E-state index contributed by atoms with van der Waals surface area (Å²) in [6.45, 7) is 6.43. The zero-order valence-corrected chi connectivity index (χ0v) is 18.4. The molecular formula is C30H32. The molecule has 0 N–H and O–H groups in total. The second kappa shape index (κ2) is 11.2. The summed E-state index contributed by atoms with van der Waals surface area (Å²) >= 11 is 0.